The third-order valence-corrected chi connectivity index (χ3v) is 12.4. The highest BCUT2D eigenvalue weighted by atomic mass is 32.1. The summed E-state index contributed by atoms with van der Waals surface area (Å²) in [4.78, 5) is 0. The summed E-state index contributed by atoms with van der Waals surface area (Å²) >= 11 is 1.86. The van der Waals surface area contributed by atoms with E-state index in [1.165, 1.54) is 86.1 Å². The number of fused-ring (bicyclic) bond motifs is 17. The summed E-state index contributed by atoms with van der Waals surface area (Å²) in [6.07, 6.45) is 0. The van der Waals surface area contributed by atoms with Gasteiger partial charge in [-0.05, 0) is 81.6 Å². The fourth-order valence-electron chi connectivity index (χ4n) is 9.27. The van der Waals surface area contributed by atoms with Gasteiger partial charge in [-0.15, -0.1) is 11.3 Å². The van der Waals surface area contributed by atoms with Gasteiger partial charge >= 0.3 is 0 Å². The standard InChI is InChI=1S/C47H27NOS/c1-2-12-30-28(11-1)21-23-40-46(30)35-26-43-39(27-41(35)48(40)29-22-24-45-34(25-29)33-15-5-10-20-44(33)50-45)47(38-18-8-9-19-42(38)49-43)36-16-6-3-13-31(36)32-14-4-7-17-37(32)47/h1-27H. The summed E-state index contributed by atoms with van der Waals surface area (Å²) in [6, 6.07) is 60.4. The number of nitrogens with zero attached hydrogens (tertiary/aromatic N) is 1. The van der Waals surface area contributed by atoms with Gasteiger partial charge in [0.2, 0.25) is 0 Å². The molecule has 2 aromatic heterocycles. The number of rotatable bonds is 1. The Hall–Kier alpha value is -6.16. The number of thiophene rings is 1. The maximum absolute atomic E-state index is 6.97. The quantitative estimate of drug-likeness (QED) is 0.172. The fraction of sp³-hybridized carbons (Fsp3) is 0.0213. The van der Waals surface area contributed by atoms with Crippen LogP contribution in [0.2, 0.25) is 0 Å². The molecule has 0 atom stereocenters. The van der Waals surface area contributed by atoms with Crippen molar-refractivity contribution in [3.63, 3.8) is 0 Å². The zero-order chi connectivity index (χ0) is 32.6. The van der Waals surface area contributed by atoms with Gasteiger partial charge in [0.15, 0.2) is 0 Å². The Kier molecular flexibility index (Phi) is 5.08. The van der Waals surface area contributed by atoms with Crippen LogP contribution in [0.3, 0.4) is 0 Å². The third kappa shape index (κ3) is 3.24. The van der Waals surface area contributed by atoms with E-state index in [4.69, 9.17) is 4.74 Å². The first-order valence-electron chi connectivity index (χ1n) is 17.2. The number of hydrogen-bond acceptors (Lipinski definition) is 2. The van der Waals surface area contributed by atoms with E-state index in [-0.39, 0.29) is 0 Å². The van der Waals surface area contributed by atoms with Gasteiger partial charge in [-0.3, -0.25) is 0 Å². The number of hydrogen-bond donors (Lipinski definition) is 0. The molecule has 50 heavy (non-hydrogen) atoms. The van der Waals surface area contributed by atoms with Crippen molar-refractivity contribution < 1.29 is 4.74 Å². The normalized spacial score (nSPS) is 13.9. The topological polar surface area (TPSA) is 14.2 Å². The van der Waals surface area contributed by atoms with Crippen molar-refractivity contribution in [3.8, 4) is 28.3 Å². The highest BCUT2D eigenvalue weighted by Gasteiger charge is 2.51. The molecule has 1 spiro atoms. The number of benzene rings is 8. The van der Waals surface area contributed by atoms with Gasteiger partial charge in [0.25, 0.3) is 0 Å². The van der Waals surface area contributed by atoms with E-state index in [2.05, 4.69) is 168 Å². The first-order chi connectivity index (χ1) is 24.8. The van der Waals surface area contributed by atoms with Crippen LogP contribution < -0.4 is 4.74 Å². The van der Waals surface area contributed by atoms with Crippen molar-refractivity contribution in [2.45, 2.75) is 5.41 Å². The first-order valence-corrected chi connectivity index (χ1v) is 18.0. The molecule has 0 unspecified atom stereocenters. The van der Waals surface area contributed by atoms with Crippen LogP contribution in [-0.2, 0) is 5.41 Å². The van der Waals surface area contributed by atoms with Gasteiger partial charge in [0, 0.05) is 47.8 Å². The van der Waals surface area contributed by atoms with Crippen molar-refractivity contribution in [2.75, 3.05) is 0 Å². The molecule has 3 heteroatoms. The van der Waals surface area contributed by atoms with Gasteiger partial charge in [-0.2, -0.15) is 0 Å². The third-order valence-electron chi connectivity index (χ3n) is 11.2. The zero-order valence-corrected chi connectivity index (χ0v) is 27.7. The van der Waals surface area contributed by atoms with Crippen LogP contribution in [0.4, 0.5) is 0 Å². The Labute approximate surface area is 292 Å². The highest BCUT2D eigenvalue weighted by Crippen LogP contribution is 2.62. The summed E-state index contributed by atoms with van der Waals surface area (Å²) in [7, 11) is 0. The van der Waals surface area contributed by atoms with E-state index in [0.717, 1.165) is 17.2 Å². The molecule has 0 bridgehead atoms. The molecule has 1 aliphatic carbocycles. The van der Waals surface area contributed by atoms with E-state index in [1.54, 1.807) is 0 Å². The van der Waals surface area contributed by atoms with Crippen LogP contribution in [0.1, 0.15) is 22.3 Å². The van der Waals surface area contributed by atoms with Crippen molar-refractivity contribution in [2.24, 2.45) is 0 Å². The zero-order valence-electron chi connectivity index (χ0n) is 26.9. The summed E-state index contributed by atoms with van der Waals surface area (Å²) in [5, 5.41) is 7.53. The smallest absolute Gasteiger partial charge is 0.133 e. The van der Waals surface area contributed by atoms with E-state index in [0.29, 0.717) is 0 Å². The molecule has 10 aromatic rings. The molecule has 2 nitrogen and oxygen atoms in total. The molecule has 2 aliphatic rings. The van der Waals surface area contributed by atoms with Gasteiger partial charge in [-0.1, -0.05) is 115 Å². The molecule has 0 fully saturated rings. The van der Waals surface area contributed by atoms with E-state index in [1.807, 2.05) is 11.3 Å². The molecule has 0 N–H and O–H groups in total. The first kappa shape index (κ1) is 26.8. The van der Waals surface area contributed by atoms with Gasteiger partial charge < -0.3 is 9.30 Å². The maximum Gasteiger partial charge on any atom is 0.133 e. The fourth-order valence-corrected chi connectivity index (χ4v) is 10.4. The van der Waals surface area contributed by atoms with Crippen LogP contribution in [0, 0.1) is 0 Å². The summed E-state index contributed by atoms with van der Waals surface area (Å²) in [5.74, 6) is 1.82. The minimum absolute atomic E-state index is 0.525. The molecule has 8 aromatic carbocycles. The van der Waals surface area contributed by atoms with Gasteiger partial charge in [0.05, 0.1) is 16.4 Å². The lowest BCUT2D eigenvalue weighted by Crippen LogP contribution is -2.32. The Morgan fingerprint density at radius 3 is 1.96 bits per heavy atom. The monoisotopic (exact) mass is 653 g/mol. The second-order valence-corrected chi connectivity index (χ2v) is 14.7. The van der Waals surface area contributed by atoms with Crippen molar-refractivity contribution in [1.82, 2.24) is 4.57 Å². The lowest BCUT2D eigenvalue weighted by atomic mass is 9.66. The Morgan fingerprint density at radius 2 is 1.12 bits per heavy atom. The molecule has 0 amide bonds. The van der Waals surface area contributed by atoms with Crippen LogP contribution in [0.5, 0.6) is 11.5 Å². The second kappa shape index (κ2) is 9.50. The lowest BCUT2D eigenvalue weighted by Gasteiger charge is -2.39. The van der Waals surface area contributed by atoms with Gasteiger partial charge in [0.1, 0.15) is 11.5 Å². The lowest BCUT2D eigenvalue weighted by molar-refractivity contribution is 0.437. The van der Waals surface area contributed by atoms with Crippen LogP contribution in [-0.4, -0.2) is 4.57 Å². The average Bonchev–Trinajstić information content (AvgIpc) is 3.81. The molecule has 12 rings (SSSR count). The number of ether oxygens (including phenoxy) is 1. The minimum Gasteiger partial charge on any atom is -0.457 e. The van der Waals surface area contributed by atoms with Crippen molar-refractivity contribution in [1.29, 1.82) is 0 Å². The minimum atomic E-state index is -0.525. The Morgan fingerprint density at radius 1 is 0.440 bits per heavy atom. The van der Waals surface area contributed by atoms with E-state index in [9.17, 15) is 0 Å². The molecule has 0 radical (unpaired) electrons. The SMILES string of the molecule is c1ccc2c(c1)Oc1cc3c4c5ccccc5ccc4n(-c4ccc5sc6ccccc6c5c4)c3cc1C21c2ccccc2-c2ccccc21. The molecule has 3 heterocycles. The predicted octanol–water partition coefficient (Wildman–Crippen LogP) is 12.8. The highest BCUT2D eigenvalue weighted by molar-refractivity contribution is 7.25. The molecular formula is C47H27NOS. The molecule has 232 valence electrons. The summed E-state index contributed by atoms with van der Waals surface area (Å²) < 4.78 is 12.1. The summed E-state index contributed by atoms with van der Waals surface area (Å²) in [6.45, 7) is 0. The second-order valence-electron chi connectivity index (χ2n) is 13.6. The van der Waals surface area contributed by atoms with Crippen LogP contribution in [0.25, 0.3) is 69.6 Å². The van der Waals surface area contributed by atoms with Crippen LogP contribution >= 0.6 is 11.3 Å². The molecule has 0 saturated carbocycles. The average molecular weight is 654 g/mol. The molecule has 1 aliphatic heterocycles. The number of para-hydroxylation sites is 1. The Bertz CT molecular complexity index is 3040. The molecule has 0 saturated heterocycles. The van der Waals surface area contributed by atoms with Gasteiger partial charge in [-0.25, -0.2) is 0 Å². The summed E-state index contributed by atoms with van der Waals surface area (Å²) in [5.41, 5.74) is 10.5. The van der Waals surface area contributed by atoms with E-state index >= 15 is 0 Å². The van der Waals surface area contributed by atoms with E-state index < -0.39 is 5.41 Å². The predicted molar refractivity (Wildman–Crippen MR) is 209 cm³/mol. The van der Waals surface area contributed by atoms with Crippen molar-refractivity contribution in [3.05, 3.63) is 186 Å². The maximum atomic E-state index is 6.97. The molecular weight excluding hydrogens is 627 g/mol. The van der Waals surface area contributed by atoms with Crippen LogP contribution in [0.15, 0.2) is 164 Å². The Balaban J connectivity index is 1.26. The van der Waals surface area contributed by atoms with Crippen molar-refractivity contribution >= 4 is 64.1 Å². The largest absolute Gasteiger partial charge is 0.457 e. The number of aromatic nitrogens is 1.